The zero-order valence-corrected chi connectivity index (χ0v) is 23.9. The van der Waals surface area contributed by atoms with Crippen molar-refractivity contribution in [2.24, 2.45) is 12.8 Å². The Morgan fingerprint density at radius 2 is 1.78 bits per heavy atom. The quantitative estimate of drug-likeness (QED) is 0.278. The summed E-state index contributed by atoms with van der Waals surface area (Å²) in [4.78, 5) is 22.9. The number of nitrogens with one attached hydrogen (secondary N) is 1. The highest BCUT2D eigenvalue weighted by Crippen LogP contribution is 2.35. The van der Waals surface area contributed by atoms with Crippen LogP contribution in [0.1, 0.15) is 17.4 Å². The SMILES string of the molecule is COc1nc2nc([C@@H](N)Cc3cc(F)cc(F)c3)n(-c3ccc(Cl)c4c(NS(C)(=O)=O)nn(C)c34)c(=O)c2cc1Cl. The van der Waals surface area contributed by atoms with E-state index in [2.05, 4.69) is 19.8 Å². The van der Waals surface area contributed by atoms with Gasteiger partial charge in [-0.25, -0.2) is 22.2 Å². The van der Waals surface area contributed by atoms with Gasteiger partial charge in [0, 0.05) is 13.1 Å². The average molecular weight is 624 g/mol. The molecule has 3 heterocycles. The van der Waals surface area contributed by atoms with E-state index >= 15 is 0 Å². The maximum absolute atomic E-state index is 14.1. The van der Waals surface area contributed by atoms with Crippen molar-refractivity contribution >= 4 is 61.0 Å². The molecule has 0 saturated carbocycles. The van der Waals surface area contributed by atoms with E-state index in [1.54, 1.807) is 0 Å². The third-order valence-corrected chi connectivity index (χ3v) is 7.30. The number of aryl methyl sites for hydroxylation is 1. The minimum Gasteiger partial charge on any atom is -0.480 e. The first-order valence-electron chi connectivity index (χ1n) is 11.8. The number of hydrogen-bond donors (Lipinski definition) is 2. The van der Waals surface area contributed by atoms with Crippen LogP contribution >= 0.6 is 23.2 Å². The molecule has 0 spiro atoms. The predicted molar refractivity (Wildman–Crippen MR) is 151 cm³/mol. The summed E-state index contributed by atoms with van der Waals surface area (Å²) in [6.45, 7) is 0. The largest absolute Gasteiger partial charge is 0.480 e. The van der Waals surface area contributed by atoms with Gasteiger partial charge in [-0.1, -0.05) is 23.2 Å². The standard InChI is InChI=1S/C25H21Cl2F2N7O4S/c1-35-20-18(5-4-15(26)19(20)22(33-35)34-41(3,38)39)36-23(17(30)8-11-6-12(28)9-13(29)7-11)31-21-14(25(36)37)10-16(27)24(32-21)40-2/h4-7,9-10,17H,8,30H2,1-3H3,(H,33,34)/t17-/m0/s1. The van der Waals surface area contributed by atoms with Crippen LogP contribution in [0.25, 0.3) is 27.6 Å². The molecule has 214 valence electrons. The minimum absolute atomic E-state index is 0.0169. The number of halogens is 4. The van der Waals surface area contributed by atoms with Crippen molar-refractivity contribution in [2.75, 3.05) is 18.1 Å². The van der Waals surface area contributed by atoms with Crippen LogP contribution in [-0.2, 0) is 23.5 Å². The number of hydrogen-bond acceptors (Lipinski definition) is 8. The Morgan fingerprint density at radius 1 is 1.10 bits per heavy atom. The normalized spacial score (nSPS) is 12.7. The Hall–Kier alpha value is -3.85. The lowest BCUT2D eigenvalue weighted by Gasteiger charge is -2.20. The van der Waals surface area contributed by atoms with Crippen LogP contribution in [0.5, 0.6) is 5.88 Å². The van der Waals surface area contributed by atoms with Gasteiger partial charge in [-0.05, 0) is 42.3 Å². The number of ether oxygens (including phenoxy) is 1. The van der Waals surface area contributed by atoms with Crippen LogP contribution in [0.3, 0.4) is 0 Å². The summed E-state index contributed by atoms with van der Waals surface area (Å²) in [5, 5.41) is 4.69. The summed E-state index contributed by atoms with van der Waals surface area (Å²) in [7, 11) is -0.859. The second-order valence-corrected chi connectivity index (χ2v) is 11.7. The third kappa shape index (κ3) is 5.43. The second kappa shape index (κ2) is 10.5. The Labute approximate surface area is 241 Å². The number of aromatic nitrogens is 5. The van der Waals surface area contributed by atoms with Gasteiger partial charge >= 0.3 is 0 Å². The average Bonchev–Trinajstić information content (AvgIpc) is 3.19. The maximum atomic E-state index is 14.1. The topological polar surface area (TPSA) is 147 Å². The highest BCUT2D eigenvalue weighted by atomic mass is 35.5. The van der Waals surface area contributed by atoms with E-state index in [1.165, 1.54) is 41.6 Å². The summed E-state index contributed by atoms with van der Waals surface area (Å²) in [5.74, 6) is -1.65. The fourth-order valence-electron chi connectivity index (χ4n) is 4.57. The number of methoxy groups -OCH3 is 1. The van der Waals surface area contributed by atoms with Crippen molar-refractivity contribution in [3.05, 3.63) is 79.8 Å². The molecule has 11 nitrogen and oxygen atoms in total. The van der Waals surface area contributed by atoms with Crippen LogP contribution in [0.15, 0.2) is 41.2 Å². The van der Waals surface area contributed by atoms with Gasteiger partial charge in [0.1, 0.15) is 22.5 Å². The molecular weight excluding hydrogens is 603 g/mol. The van der Waals surface area contributed by atoms with Gasteiger partial charge in [-0.2, -0.15) is 10.1 Å². The summed E-state index contributed by atoms with van der Waals surface area (Å²) in [6.07, 6.45) is 0.848. The summed E-state index contributed by atoms with van der Waals surface area (Å²) < 4.78 is 61.9. The lowest BCUT2D eigenvalue weighted by molar-refractivity contribution is 0.399. The van der Waals surface area contributed by atoms with Gasteiger partial charge < -0.3 is 10.5 Å². The number of fused-ring (bicyclic) bond motifs is 2. The van der Waals surface area contributed by atoms with Crippen LogP contribution in [0.4, 0.5) is 14.6 Å². The van der Waals surface area contributed by atoms with Crippen LogP contribution in [0, 0.1) is 11.6 Å². The highest BCUT2D eigenvalue weighted by Gasteiger charge is 2.25. The van der Waals surface area contributed by atoms with Crippen LogP contribution in [0.2, 0.25) is 10.0 Å². The Bertz CT molecular complexity index is 2010. The zero-order chi connectivity index (χ0) is 29.8. The molecular formula is C25H21Cl2F2N7O4S. The lowest BCUT2D eigenvalue weighted by Crippen LogP contribution is -2.30. The van der Waals surface area contributed by atoms with Gasteiger partial charge in [0.15, 0.2) is 11.5 Å². The third-order valence-electron chi connectivity index (χ3n) is 6.15. The molecule has 0 unspecified atom stereocenters. The van der Waals surface area contributed by atoms with Gasteiger partial charge in [0.2, 0.25) is 15.9 Å². The van der Waals surface area contributed by atoms with E-state index in [0.29, 0.717) is 0 Å². The van der Waals surface area contributed by atoms with Crippen molar-refractivity contribution in [1.82, 2.24) is 24.3 Å². The molecule has 2 aromatic carbocycles. The predicted octanol–water partition coefficient (Wildman–Crippen LogP) is 3.88. The molecule has 3 N–H and O–H groups in total. The molecule has 5 aromatic rings. The number of nitrogens with zero attached hydrogens (tertiary/aromatic N) is 5. The van der Waals surface area contributed by atoms with E-state index in [4.69, 9.17) is 33.7 Å². The summed E-state index contributed by atoms with van der Waals surface area (Å²) >= 11 is 12.7. The molecule has 0 amide bonds. The molecule has 0 aliphatic heterocycles. The van der Waals surface area contributed by atoms with Crippen molar-refractivity contribution in [3.8, 4) is 11.6 Å². The number of sulfonamides is 1. The fourth-order valence-corrected chi connectivity index (χ4v) is 5.54. The molecule has 0 radical (unpaired) electrons. The van der Waals surface area contributed by atoms with E-state index in [9.17, 15) is 22.0 Å². The van der Waals surface area contributed by atoms with Crippen molar-refractivity contribution in [3.63, 3.8) is 0 Å². The molecule has 5 rings (SSSR count). The molecule has 0 saturated heterocycles. The molecule has 16 heteroatoms. The number of anilines is 1. The molecule has 0 bridgehead atoms. The first kappa shape index (κ1) is 28.7. The van der Waals surface area contributed by atoms with Gasteiger partial charge in [-0.15, -0.1) is 0 Å². The van der Waals surface area contributed by atoms with E-state index < -0.39 is 33.3 Å². The first-order valence-corrected chi connectivity index (χ1v) is 14.4. The smallest absolute Gasteiger partial charge is 0.267 e. The number of pyridine rings is 1. The van der Waals surface area contributed by atoms with E-state index in [-0.39, 0.29) is 67.2 Å². The van der Waals surface area contributed by atoms with Gasteiger partial charge in [0.05, 0.1) is 46.4 Å². The Morgan fingerprint density at radius 3 is 2.41 bits per heavy atom. The molecule has 0 aliphatic rings. The van der Waals surface area contributed by atoms with E-state index in [1.807, 2.05) is 0 Å². The first-order chi connectivity index (χ1) is 19.3. The summed E-state index contributed by atoms with van der Waals surface area (Å²) in [5.41, 5.74) is 6.56. The molecule has 3 aromatic heterocycles. The monoisotopic (exact) mass is 623 g/mol. The van der Waals surface area contributed by atoms with E-state index in [0.717, 1.165) is 24.5 Å². The number of rotatable bonds is 7. The minimum atomic E-state index is -3.74. The number of nitrogens with two attached hydrogens (primary N) is 1. The second-order valence-electron chi connectivity index (χ2n) is 9.19. The Balaban J connectivity index is 1.83. The molecule has 1 atom stereocenters. The fraction of sp³-hybridized carbons (Fsp3) is 0.200. The summed E-state index contributed by atoms with van der Waals surface area (Å²) in [6, 6.07) is 6.22. The zero-order valence-electron chi connectivity index (χ0n) is 21.6. The lowest BCUT2D eigenvalue weighted by atomic mass is 10.0. The Kier molecular flexibility index (Phi) is 7.36. The van der Waals surface area contributed by atoms with Gasteiger partial charge in [0.25, 0.3) is 5.56 Å². The maximum Gasteiger partial charge on any atom is 0.267 e. The molecule has 41 heavy (non-hydrogen) atoms. The van der Waals surface area contributed by atoms with Crippen molar-refractivity contribution in [2.45, 2.75) is 12.5 Å². The van der Waals surface area contributed by atoms with Crippen molar-refractivity contribution in [1.29, 1.82) is 0 Å². The van der Waals surface area contributed by atoms with Gasteiger partial charge in [-0.3, -0.25) is 18.8 Å². The van der Waals surface area contributed by atoms with Crippen LogP contribution in [-0.4, -0.2) is 46.1 Å². The van der Waals surface area contributed by atoms with Crippen molar-refractivity contribution < 1.29 is 21.9 Å². The molecule has 0 aliphatic carbocycles. The number of benzene rings is 2. The highest BCUT2D eigenvalue weighted by molar-refractivity contribution is 7.92. The molecule has 0 fully saturated rings. The van der Waals surface area contributed by atoms with Crippen LogP contribution < -0.4 is 20.8 Å².